The molecule has 0 aromatic carbocycles. The van der Waals surface area contributed by atoms with Crippen molar-refractivity contribution in [2.24, 2.45) is 0 Å². The normalized spacial score (nSPS) is 23.2. The van der Waals surface area contributed by atoms with Crippen LogP contribution in [0.1, 0.15) is 41.0 Å². The second-order valence-corrected chi connectivity index (χ2v) is 6.77. The number of carboxylic acid groups (broad SMARTS) is 1. The highest BCUT2D eigenvalue weighted by molar-refractivity contribution is 6.55. The van der Waals surface area contributed by atoms with Gasteiger partial charge in [0.05, 0.1) is 29.9 Å². The number of aliphatic carboxylic acids is 1. The van der Waals surface area contributed by atoms with Crippen LogP contribution in [0.2, 0.25) is 0 Å². The van der Waals surface area contributed by atoms with Gasteiger partial charge in [-0.3, -0.25) is 0 Å². The average Bonchev–Trinajstić information content (AvgIpc) is 2.67. The van der Waals surface area contributed by atoms with Crippen LogP contribution in [-0.2, 0) is 18.8 Å². The van der Waals surface area contributed by atoms with Crippen molar-refractivity contribution in [2.75, 3.05) is 19.7 Å². The SMILES string of the molecule is CCOC(=O)N1CCC(B2OC(C)(C)C(C)(C)O2)=C(C(=O)O)C1. The topological polar surface area (TPSA) is 85.3 Å². The van der Waals surface area contributed by atoms with Crippen molar-refractivity contribution in [1.29, 1.82) is 0 Å². The molecule has 128 valence electrons. The van der Waals surface area contributed by atoms with Crippen LogP contribution in [0.5, 0.6) is 0 Å². The highest BCUT2D eigenvalue weighted by Gasteiger charge is 2.53. The van der Waals surface area contributed by atoms with Crippen LogP contribution in [-0.4, -0.2) is 60.1 Å². The summed E-state index contributed by atoms with van der Waals surface area (Å²) in [5.74, 6) is -1.07. The van der Waals surface area contributed by atoms with Crippen molar-refractivity contribution >= 4 is 19.2 Å². The fourth-order valence-corrected chi connectivity index (χ4v) is 2.60. The van der Waals surface area contributed by atoms with Crippen LogP contribution in [0.3, 0.4) is 0 Å². The van der Waals surface area contributed by atoms with Crippen LogP contribution in [0.15, 0.2) is 11.0 Å². The number of hydrogen-bond donors (Lipinski definition) is 1. The molecule has 2 aliphatic rings. The van der Waals surface area contributed by atoms with E-state index in [4.69, 9.17) is 14.0 Å². The van der Waals surface area contributed by atoms with Gasteiger partial charge in [0.15, 0.2) is 0 Å². The Morgan fingerprint density at radius 3 is 2.30 bits per heavy atom. The van der Waals surface area contributed by atoms with Crippen LogP contribution < -0.4 is 0 Å². The lowest BCUT2D eigenvalue weighted by molar-refractivity contribution is -0.133. The number of nitrogens with zero attached hydrogens (tertiary/aromatic N) is 1. The van der Waals surface area contributed by atoms with Gasteiger partial charge in [-0.2, -0.15) is 0 Å². The van der Waals surface area contributed by atoms with E-state index in [1.165, 1.54) is 4.90 Å². The van der Waals surface area contributed by atoms with Gasteiger partial charge in [0.1, 0.15) is 0 Å². The minimum Gasteiger partial charge on any atom is -0.478 e. The van der Waals surface area contributed by atoms with Gasteiger partial charge >= 0.3 is 19.2 Å². The van der Waals surface area contributed by atoms with E-state index in [1.54, 1.807) is 6.92 Å². The summed E-state index contributed by atoms with van der Waals surface area (Å²) in [5.41, 5.74) is -0.335. The van der Waals surface area contributed by atoms with Gasteiger partial charge in [0, 0.05) is 6.54 Å². The Morgan fingerprint density at radius 2 is 1.83 bits per heavy atom. The number of carboxylic acids is 1. The third-order valence-corrected chi connectivity index (χ3v) is 4.71. The average molecular weight is 325 g/mol. The number of rotatable bonds is 3. The molecule has 0 atom stereocenters. The maximum atomic E-state index is 11.8. The van der Waals surface area contributed by atoms with Crippen molar-refractivity contribution in [1.82, 2.24) is 4.90 Å². The molecule has 1 saturated heterocycles. The van der Waals surface area contributed by atoms with Crippen molar-refractivity contribution in [3.63, 3.8) is 0 Å². The molecule has 0 aromatic rings. The van der Waals surface area contributed by atoms with Gasteiger partial charge in [-0.15, -0.1) is 0 Å². The third-order valence-electron chi connectivity index (χ3n) is 4.71. The smallest absolute Gasteiger partial charge is 0.478 e. The summed E-state index contributed by atoms with van der Waals surface area (Å²) in [6.45, 7) is 10.0. The van der Waals surface area contributed by atoms with E-state index < -0.39 is 30.4 Å². The van der Waals surface area contributed by atoms with Gasteiger partial charge in [-0.25, -0.2) is 9.59 Å². The van der Waals surface area contributed by atoms with Crippen LogP contribution in [0.4, 0.5) is 4.79 Å². The first-order valence-electron chi connectivity index (χ1n) is 7.81. The highest BCUT2D eigenvalue weighted by atomic mass is 16.7. The maximum Gasteiger partial charge on any atom is 0.491 e. The Kier molecular flexibility index (Phi) is 4.77. The lowest BCUT2D eigenvalue weighted by Gasteiger charge is -2.32. The lowest BCUT2D eigenvalue weighted by atomic mass is 9.71. The molecule has 0 aromatic heterocycles. The molecule has 0 spiro atoms. The van der Waals surface area contributed by atoms with E-state index in [1.807, 2.05) is 27.7 Å². The van der Waals surface area contributed by atoms with Gasteiger partial charge in [-0.1, -0.05) is 0 Å². The Balaban J connectivity index is 2.25. The van der Waals surface area contributed by atoms with Crippen molar-refractivity contribution in [3.8, 4) is 0 Å². The molecule has 0 radical (unpaired) electrons. The standard InChI is InChI=1S/C15H24BNO6/c1-6-21-13(20)17-8-7-11(10(9-17)12(18)19)16-22-14(2,3)15(4,5)23-16/h6-9H2,1-5H3,(H,18,19). The molecule has 2 rings (SSSR count). The summed E-state index contributed by atoms with van der Waals surface area (Å²) in [4.78, 5) is 24.8. The van der Waals surface area contributed by atoms with Gasteiger partial charge < -0.3 is 24.1 Å². The second kappa shape index (κ2) is 6.16. The van der Waals surface area contributed by atoms with E-state index in [0.29, 0.717) is 18.4 Å². The van der Waals surface area contributed by atoms with Crippen LogP contribution in [0, 0.1) is 0 Å². The Morgan fingerprint density at radius 1 is 1.26 bits per heavy atom. The molecule has 1 amide bonds. The number of ether oxygens (including phenoxy) is 1. The maximum absolute atomic E-state index is 11.8. The monoisotopic (exact) mass is 325 g/mol. The number of amides is 1. The van der Waals surface area contributed by atoms with Crippen molar-refractivity contribution < 1.29 is 28.7 Å². The lowest BCUT2D eigenvalue weighted by Crippen LogP contribution is -2.42. The van der Waals surface area contributed by atoms with Gasteiger partial charge in [-0.05, 0) is 46.5 Å². The molecular weight excluding hydrogens is 301 g/mol. The fraction of sp³-hybridized carbons (Fsp3) is 0.733. The number of carbonyl (C=O) groups is 2. The van der Waals surface area contributed by atoms with Gasteiger partial charge in [0.25, 0.3) is 0 Å². The number of hydrogen-bond acceptors (Lipinski definition) is 5. The zero-order valence-electron chi connectivity index (χ0n) is 14.3. The summed E-state index contributed by atoms with van der Waals surface area (Å²) in [6, 6.07) is 0. The first-order chi connectivity index (χ1) is 10.6. The largest absolute Gasteiger partial charge is 0.491 e. The Labute approximate surface area is 136 Å². The Hall–Kier alpha value is -1.54. The molecular formula is C15H24BNO6. The molecule has 23 heavy (non-hydrogen) atoms. The van der Waals surface area contributed by atoms with E-state index in [-0.39, 0.29) is 18.7 Å². The first kappa shape index (κ1) is 17.8. The highest BCUT2D eigenvalue weighted by Crippen LogP contribution is 2.40. The molecule has 7 nitrogen and oxygen atoms in total. The van der Waals surface area contributed by atoms with Crippen molar-refractivity contribution in [2.45, 2.75) is 52.2 Å². The molecule has 2 aliphatic heterocycles. The fourth-order valence-electron chi connectivity index (χ4n) is 2.60. The summed E-state index contributed by atoms with van der Waals surface area (Å²) >= 11 is 0. The molecule has 0 bridgehead atoms. The summed E-state index contributed by atoms with van der Waals surface area (Å²) < 4.78 is 16.8. The second-order valence-electron chi connectivity index (χ2n) is 6.77. The molecule has 1 N–H and O–H groups in total. The predicted molar refractivity (Wildman–Crippen MR) is 84.0 cm³/mol. The first-order valence-corrected chi connectivity index (χ1v) is 7.81. The van der Waals surface area contributed by atoms with Crippen LogP contribution >= 0.6 is 0 Å². The van der Waals surface area contributed by atoms with E-state index in [9.17, 15) is 14.7 Å². The molecule has 0 aliphatic carbocycles. The summed E-state index contributed by atoms with van der Waals surface area (Å²) in [5, 5.41) is 9.51. The molecule has 8 heteroatoms. The molecule has 2 heterocycles. The summed E-state index contributed by atoms with van der Waals surface area (Å²) in [6.07, 6.45) is -0.115. The summed E-state index contributed by atoms with van der Waals surface area (Å²) in [7, 11) is -0.699. The zero-order valence-corrected chi connectivity index (χ0v) is 14.3. The van der Waals surface area contributed by atoms with E-state index in [0.717, 1.165) is 0 Å². The predicted octanol–water partition coefficient (Wildman–Crippen LogP) is 1.86. The minimum absolute atomic E-state index is 0.00637. The zero-order chi connectivity index (χ0) is 17.4. The molecule has 0 unspecified atom stereocenters. The minimum atomic E-state index is -1.07. The quantitative estimate of drug-likeness (QED) is 0.797. The third kappa shape index (κ3) is 3.38. The molecule has 0 saturated carbocycles. The van der Waals surface area contributed by atoms with Gasteiger partial charge in [0.2, 0.25) is 0 Å². The van der Waals surface area contributed by atoms with E-state index >= 15 is 0 Å². The molecule has 1 fully saturated rings. The van der Waals surface area contributed by atoms with Crippen LogP contribution in [0.25, 0.3) is 0 Å². The van der Waals surface area contributed by atoms with Crippen molar-refractivity contribution in [3.05, 3.63) is 11.0 Å². The number of carbonyl (C=O) groups excluding carboxylic acids is 1. The Bertz CT molecular complexity index is 526. The van der Waals surface area contributed by atoms with E-state index in [2.05, 4.69) is 0 Å².